The molecule has 1 aromatic carbocycles. The number of piperidine rings is 1. The van der Waals surface area contributed by atoms with E-state index in [1.54, 1.807) is 11.8 Å². The van der Waals surface area contributed by atoms with E-state index in [-0.39, 0.29) is 36.0 Å². The lowest BCUT2D eigenvalue weighted by Crippen LogP contribution is -2.36. The van der Waals surface area contributed by atoms with Gasteiger partial charge in [0.1, 0.15) is 6.10 Å². The first-order chi connectivity index (χ1) is 13.5. The van der Waals surface area contributed by atoms with Crippen LogP contribution in [0.1, 0.15) is 18.9 Å². The van der Waals surface area contributed by atoms with Crippen LogP contribution in [0.15, 0.2) is 24.3 Å². The van der Waals surface area contributed by atoms with Crippen LogP contribution in [0.3, 0.4) is 0 Å². The van der Waals surface area contributed by atoms with E-state index < -0.39 is 6.09 Å². The number of hydrogen-bond donors (Lipinski definition) is 1. The highest BCUT2D eigenvalue weighted by Crippen LogP contribution is 2.59. The number of benzene rings is 1. The molecule has 5 rings (SSSR count). The zero-order valence-electron chi connectivity index (χ0n) is 15.7. The molecule has 4 atom stereocenters. The number of nitrogens with one attached hydrogen (secondary N) is 1. The molecule has 4 fully saturated rings. The van der Waals surface area contributed by atoms with Crippen molar-refractivity contribution in [2.45, 2.75) is 31.0 Å². The Hall–Kier alpha value is -2.61. The summed E-state index contributed by atoms with van der Waals surface area (Å²) in [6.45, 7) is 4.39. The van der Waals surface area contributed by atoms with Gasteiger partial charge in [-0.05, 0) is 30.0 Å². The van der Waals surface area contributed by atoms with Gasteiger partial charge in [0.2, 0.25) is 5.91 Å². The molecule has 28 heavy (non-hydrogen) atoms. The summed E-state index contributed by atoms with van der Waals surface area (Å²) in [5.41, 5.74) is 2.10. The zero-order valence-corrected chi connectivity index (χ0v) is 15.7. The minimum atomic E-state index is -0.402. The molecule has 3 aliphatic heterocycles. The van der Waals surface area contributed by atoms with Crippen LogP contribution in [0.4, 0.5) is 10.5 Å². The first-order valence-electron chi connectivity index (χ1n) is 9.70. The summed E-state index contributed by atoms with van der Waals surface area (Å²) >= 11 is 0. The van der Waals surface area contributed by atoms with E-state index in [4.69, 9.17) is 9.47 Å². The van der Waals surface area contributed by atoms with E-state index in [9.17, 15) is 14.4 Å². The largest absolute Gasteiger partial charge is 0.442 e. The van der Waals surface area contributed by atoms with Gasteiger partial charge in [-0.2, -0.15) is 0 Å². The predicted molar refractivity (Wildman–Crippen MR) is 98.8 cm³/mol. The van der Waals surface area contributed by atoms with Crippen molar-refractivity contribution in [3.05, 3.63) is 29.8 Å². The number of hydrogen-bond acceptors (Lipinski definition) is 5. The average Bonchev–Trinajstić information content (AvgIpc) is 3.59. The van der Waals surface area contributed by atoms with Crippen LogP contribution >= 0.6 is 0 Å². The van der Waals surface area contributed by atoms with Crippen molar-refractivity contribution < 1.29 is 23.9 Å². The third-order valence-electron chi connectivity index (χ3n) is 6.35. The van der Waals surface area contributed by atoms with Crippen molar-refractivity contribution in [3.8, 4) is 0 Å². The van der Waals surface area contributed by atoms with Crippen LogP contribution < -0.4 is 10.2 Å². The fourth-order valence-corrected chi connectivity index (χ4v) is 4.51. The monoisotopic (exact) mass is 385 g/mol. The number of cyclic esters (lactones) is 1. The lowest BCUT2D eigenvalue weighted by molar-refractivity contribution is -0.128. The summed E-state index contributed by atoms with van der Waals surface area (Å²) < 4.78 is 10.3. The van der Waals surface area contributed by atoms with Crippen molar-refractivity contribution in [1.82, 2.24) is 10.2 Å². The van der Waals surface area contributed by atoms with Crippen molar-refractivity contribution in [2.24, 2.45) is 5.92 Å². The number of rotatable bonds is 5. The summed E-state index contributed by atoms with van der Waals surface area (Å²) in [5.74, 6) is 0.519. The van der Waals surface area contributed by atoms with Gasteiger partial charge in [0.25, 0.3) is 5.91 Å². The second-order valence-electron chi connectivity index (χ2n) is 8.19. The molecule has 1 N–H and O–H groups in total. The lowest BCUT2D eigenvalue weighted by atomic mass is 9.94. The minimum Gasteiger partial charge on any atom is -0.442 e. The summed E-state index contributed by atoms with van der Waals surface area (Å²) in [6, 6.07) is 8.00. The Morgan fingerprint density at radius 1 is 1.25 bits per heavy atom. The molecule has 1 aromatic rings. The lowest BCUT2D eigenvalue weighted by Gasteiger charge is -2.20. The van der Waals surface area contributed by atoms with Crippen LogP contribution in [-0.2, 0) is 24.5 Å². The van der Waals surface area contributed by atoms with E-state index in [0.717, 1.165) is 25.2 Å². The van der Waals surface area contributed by atoms with Gasteiger partial charge in [-0.15, -0.1) is 0 Å². The van der Waals surface area contributed by atoms with Gasteiger partial charge in [-0.25, -0.2) is 4.79 Å². The Morgan fingerprint density at radius 2 is 2.00 bits per heavy atom. The normalized spacial score (nSPS) is 32.8. The number of epoxide rings is 1. The highest BCUT2D eigenvalue weighted by Gasteiger charge is 2.61. The first-order valence-corrected chi connectivity index (χ1v) is 9.70. The van der Waals surface area contributed by atoms with E-state index in [1.165, 1.54) is 5.56 Å². The molecular weight excluding hydrogens is 362 g/mol. The van der Waals surface area contributed by atoms with Crippen molar-refractivity contribution >= 4 is 23.6 Å². The first kappa shape index (κ1) is 17.5. The van der Waals surface area contributed by atoms with Gasteiger partial charge >= 0.3 is 6.09 Å². The summed E-state index contributed by atoms with van der Waals surface area (Å²) in [4.78, 5) is 39.0. The molecule has 0 bridgehead atoms. The number of carbonyl (C=O) groups excluding carboxylic acids is 3. The van der Waals surface area contributed by atoms with Crippen molar-refractivity contribution in [3.63, 3.8) is 0 Å². The van der Waals surface area contributed by atoms with Crippen LogP contribution in [0.2, 0.25) is 0 Å². The summed E-state index contributed by atoms with van der Waals surface area (Å²) in [6.07, 6.45) is -0.00385. The number of ether oxygens (including phenoxy) is 2. The maximum absolute atomic E-state index is 12.2. The van der Waals surface area contributed by atoms with Crippen LogP contribution in [-0.4, -0.2) is 67.8 Å². The van der Waals surface area contributed by atoms with E-state index >= 15 is 0 Å². The number of amides is 3. The van der Waals surface area contributed by atoms with Crippen LogP contribution in [0.25, 0.3) is 0 Å². The Kier molecular flexibility index (Phi) is 3.87. The molecule has 1 aliphatic carbocycles. The van der Waals surface area contributed by atoms with E-state index in [0.29, 0.717) is 19.1 Å². The Morgan fingerprint density at radius 3 is 2.64 bits per heavy atom. The fraction of sp³-hybridized carbons (Fsp3) is 0.550. The maximum Gasteiger partial charge on any atom is 0.414 e. The molecule has 3 unspecified atom stereocenters. The van der Waals surface area contributed by atoms with Gasteiger partial charge < -0.3 is 19.7 Å². The average molecular weight is 385 g/mol. The van der Waals surface area contributed by atoms with Gasteiger partial charge in [0, 0.05) is 31.1 Å². The summed E-state index contributed by atoms with van der Waals surface area (Å²) in [5, 5.41) is 2.75. The van der Waals surface area contributed by atoms with Crippen LogP contribution in [0, 0.1) is 5.92 Å². The Labute approximate surface area is 162 Å². The third kappa shape index (κ3) is 2.92. The van der Waals surface area contributed by atoms with Crippen LogP contribution in [0.5, 0.6) is 0 Å². The maximum atomic E-state index is 12.2. The van der Waals surface area contributed by atoms with Crippen molar-refractivity contribution in [1.29, 1.82) is 0 Å². The fourth-order valence-electron chi connectivity index (χ4n) is 4.51. The standard InChI is InChI=1S/C20H23N3O5/c1-12(24)22-8-14-6-20(14,11-22)13-2-4-15(5-3-13)23-9-16(28-19(23)26)7-21-18(25)17-10-27-17/h2-5,14,16-17H,6-11H2,1H3,(H,21,25)/t14?,16-,17?,20?/m0/s1. The Bertz CT molecular complexity index is 837. The van der Waals surface area contributed by atoms with E-state index in [1.807, 2.05) is 17.0 Å². The molecule has 3 saturated heterocycles. The molecule has 0 radical (unpaired) electrons. The number of carbonyl (C=O) groups is 3. The number of likely N-dealkylation sites (tertiary alicyclic amines) is 1. The predicted octanol–water partition coefficient (Wildman–Crippen LogP) is 0.647. The second-order valence-corrected chi connectivity index (χ2v) is 8.19. The highest BCUT2D eigenvalue weighted by atomic mass is 16.6. The Balaban J connectivity index is 1.22. The molecule has 3 heterocycles. The molecule has 1 saturated carbocycles. The summed E-state index contributed by atoms with van der Waals surface area (Å²) in [7, 11) is 0. The third-order valence-corrected chi connectivity index (χ3v) is 6.35. The molecule has 8 nitrogen and oxygen atoms in total. The molecular formula is C20H23N3O5. The molecule has 8 heteroatoms. The highest BCUT2D eigenvalue weighted by molar-refractivity contribution is 5.90. The topological polar surface area (TPSA) is 91.5 Å². The number of nitrogens with zero attached hydrogens (tertiary/aromatic N) is 2. The smallest absolute Gasteiger partial charge is 0.414 e. The van der Waals surface area contributed by atoms with Gasteiger partial charge in [0.15, 0.2) is 6.10 Å². The second kappa shape index (κ2) is 6.20. The quantitative estimate of drug-likeness (QED) is 0.752. The molecule has 3 amide bonds. The molecule has 0 spiro atoms. The van der Waals surface area contributed by atoms with Gasteiger partial charge in [-0.1, -0.05) is 12.1 Å². The van der Waals surface area contributed by atoms with Gasteiger partial charge in [-0.3, -0.25) is 14.5 Å². The number of anilines is 1. The molecule has 4 aliphatic rings. The van der Waals surface area contributed by atoms with E-state index in [2.05, 4.69) is 17.4 Å². The zero-order chi connectivity index (χ0) is 19.5. The van der Waals surface area contributed by atoms with Crippen molar-refractivity contribution in [2.75, 3.05) is 37.7 Å². The number of fused-ring (bicyclic) bond motifs is 1. The molecule has 148 valence electrons. The molecule has 0 aromatic heterocycles. The minimum absolute atomic E-state index is 0.0907. The van der Waals surface area contributed by atoms with Gasteiger partial charge in [0.05, 0.1) is 19.7 Å². The SMILES string of the molecule is CC(=O)N1CC2CC2(c2ccc(N3C[C@H](CNC(=O)C4CO4)OC3=O)cc2)C1.